The van der Waals surface area contributed by atoms with Crippen molar-refractivity contribution in [2.24, 2.45) is 0 Å². The molecular formula is C13H10ClF2NO2. The summed E-state index contributed by atoms with van der Waals surface area (Å²) in [7, 11) is 0. The van der Waals surface area contributed by atoms with Crippen molar-refractivity contribution in [1.29, 1.82) is 0 Å². The van der Waals surface area contributed by atoms with E-state index in [4.69, 9.17) is 21.4 Å². The summed E-state index contributed by atoms with van der Waals surface area (Å²) in [5.41, 5.74) is 0.714. The minimum absolute atomic E-state index is 0.0757. The lowest BCUT2D eigenvalue weighted by molar-refractivity contribution is 0.266. The van der Waals surface area contributed by atoms with Gasteiger partial charge in [0.1, 0.15) is 6.61 Å². The number of aliphatic hydroxyl groups excluding tert-OH is 1. The van der Waals surface area contributed by atoms with Gasteiger partial charge >= 0.3 is 0 Å². The molecule has 0 aliphatic carbocycles. The van der Waals surface area contributed by atoms with Crippen molar-refractivity contribution < 1.29 is 18.6 Å². The molecular weight excluding hydrogens is 276 g/mol. The van der Waals surface area contributed by atoms with Gasteiger partial charge in [0, 0.05) is 18.0 Å². The summed E-state index contributed by atoms with van der Waals surface area (Å²) < 4.78 is 32.2. The monoisotopic (exact) mass is 285 g/mol. The predicted molar refractivity (Wildman–Crippen MR) is 65.9 cm³/mol. The molecule has 1 aromatic heterocycles. The third-order valence-corrected chi connectivity index (χ3v) is 2.81. The molecule has 2 aromatic rings. The molecule has 0 saturated heterocycles. The summed E-state index contributed by atoms with van der Waals surface area (Å²) in [4.78, 5) is 3.79. The van der Waals surface area contributed by atoms with Crippen LogP contribution in [-0.2, 0) is 13.2 Å². The molecule has 0 unspecified atom stereocenters. The maximum Gasteiger partial charge on any atom is 0.191 e. The Morgan fingerprint density at radius 3 is 2.53 bits per heavy atom. The molecule has 19 heavy (non-hydrogen) atoms. The Balaban J connectivity index is 2.18. The molecule has 2 rings (SSSR count). The number of halogens is 3. The zero-order valence-corrected chi connectivity index (χ0v) is 10.5. The molecule has 0 saturated carbocycles. The summed E-state index contributed by atoms with van der Waals surface area (Å²) in [6.07, 6.45) is 2.92. The summed E-state index contributed by atoms with van der Waals surface area (Å²) in [6.45, 7) is -0.516. The van der Waals surface area contributed by atoms with Crippen LogP contribution in [0.25, 0.3) is 0 Å². The van der Waals surface area contributed by atoms with Gasteiger partial charge < -0.3 is 9.84 Å². The van der Waals surface area contributed by atoms with Crippen molar-refractivity contribution in [3.8, 4) is 5.75 Å². The van der Waals surface area contributed by atoms with Gasteiger partial charge in [0.25, 0.3) is 0 Å². The highest BCUT2D eigenvalue weighted by Crippen LogP contribution is 2.25. The molecule has 1 heterocycles. The van der Waals surface area contributed by atoms with E-state index in [9.17, 15) is 8.78 Å². The number of benzene rings is 1. The number of pyridine rings is 1. The highest BCUT2D eigenvalue weighted by Gasteiger charge is 2.13. The van der Waals surface area contributed by atoms with Crippen LogP contribution in [0.15, 0.2) is 30.6 Å². The van der Waals surface area contributed by atoms with Gasteiger partial charge in [-0.25, -0.2) is 8.78 Å². The second-order valence-electron chi connectivity index (χ2n) is 3.80. The van der Waals surface area contributed by atoms with Crippen molar-refractivity contribution in [3.63, 3.8) is 0 Å². The minimum atomic E-state index is -0.866. The highest BCUT2D eigenvalue weighted by atomic mass is 35.5. The second kappa shape index (κ2) is 5.95. The lowest BCUT2D eigenvalue weighted by Gasteiger charge is -2.10. The number of nitrogens with zero attached hydrogens (tertiary/aromatic N) is 1. The van der Waals surface area contributed by atoms with E-state index in [1.807, 2.05) is 0 Å². The molecule has 1 N–H and O–H groups in total. The quantitative estimate of drug-likeness (QED) is 0.939. The van der Waals surface area contributed by atoms with Crippen LogP contribution in [0.1, 0.15) is 11.1 Å². The standard InChI is InChI=1S/C13H10ClF2NO2/c14-10-5-17-2-1-9(10)7-19-13-11(15)3-8(6-18)4-12(13)16/h1-5,18H,6-7H2. The van der Waals surface area contributed by atoms with E-state index in [0.29, 0.717) is 10.6 Å². The van der Waals surface area contributed by atoms with Crippen LogP contribution < -0.4 is 4.74 Å². The van der Waals surface area contributed by atoms with Crippen molar-refractivity contribution >= 4 is 11.6 Å². The number of aromatic nitrogens is 1. The maximum absolute atomic E-state index is 13.6. The summed E-state index contributed by atoms with van der Waals surface area (Å²) in [6, 6.07) is 3.64. The van der Waals surface area contributed by atoms with E-state index in [-0.39, 0.29) is 12.2 Å². The Bertz CT molecular complexity index is 570. The van der Waals surface area contributed by atoms with Crippen LogP contribution in [0.3, 0.4) is 0 Å². The molecule has 6 heteroatoms. The van der Waals surface area contributed by atoms with Crippen molar-refractivity contribution in [1.82, 2.24) is 4.98 Å². The molecule has 3 nitrogen and oxygen atoms in total. The van der Waals surface area contributed by atoms with E-state index in [1.54, 1.807) is 6.07 Å². The van der Waals surface area contributed by atoms with Crippen molar-refractivity contribution in [2.75, 3.05) is 0 Å². The van der Waals surface area contributed by atoms with Gasteiger partial charge in [-0.1, -0.05) is 11.6 Å². The number of ether oxygens (including phenoxy) is 1. The first kappa shape index (κ1) is 13.7. The Hall–Kier alpha value is -1.72. The summed E-state index contributed by atoms with van der Waals surface area (Å²) >= 11 is 5.85. The molecule has 0 bridgehead atoms. The maximum atomic E-state index is 13.6. The van der Waals surface area contributed by atoms with Crippen molar-refractivity contribution in [3.05, 3.63) is 58.4 Å². The first-order valence-corrected chi connectivity index (χ1v) is 5.79. The lowest BCUT2D eigenvalue weighted by atomic mass is 10.2. The van der Waals surface area contributed by atoms with Gasteiger partial charge in [-0.3, -0.25) is 4.98 Å². The Morgan fingerprint density at radius 1 is 1.26 bits per heavy atom. The van der Waals surface area contributed by atoms with Gasteiger partial charge in [0.2, 0.25) is 0 Å². The zero-order valence-electron chi connectivity index (χ0n) is 9.74. The van der Waals surface area contributed by atoms with Gasteiger partial charge in [0.05, 0.1) is 11.6 Å². The Morgan fingerprint density at radius 2 is 1.95 bits per heavy atom. The minimum Gasteiger partial charge on any atom is -0.483 e. The first-order chi connectivity index (χ1) is 9.11. The average molecular weight is 286 g/mol. The van der Waals surface area contributed by atoms with Crippen LogP contribution in [0.5, 0.6) is 5.75 Å². The predicted octanol–water partition coefficient (Wildman–Crippen LogP) is 3.08. The molecule has 0 aliphatic heterocycles. The van der Waals surface area contributed by atoms with E-state index in [1.165, 1.54) is 12.4 Å². The molecule has 0 spiro atoms. The van der Waals surface area contributed by atoms with Crippen LogP contribution in [0, 0.1) is 11.6 Å². The zero-order chi connectivity index (χ0) is 13.8. The molecule has 0 amide bonds. The fourth-order valence-corrected chi connectivity index (χ4v) is 1.69. The molecule has 100 valence electrons. The largest absolute Gasteiger partial charge is 0.483 e. The number of aliphatic hydroxyl groups is 1. The number of hydrogen-bond acceptors (Lipinski definition) is 3. The molecule has 0 atom stereocenters. The van der Waals surface area contributed by atoms with Gasteiger partial charge in [0.15, 0.2) is 17.4 Å². The van der Waals surface area contributed by atoms with Crippen LogP contribution in [0.4, 0.5) is 8.78 Å². The fraction of sp³-hybridized carbons (Fsp3) is 0.154. The van der Waals surface area contributed by atoms with Crippen LogP contribution >= 0.6 is 11.6 Å². The number of rotatable bonds is 4. The molecule has 1 aromatic carbocycles. The molecule has 0 radical (unpaired) electrons. The molecule has 0 aliphatic rings. The SMILES string of the molecule is OCc1cc(F)c(OCc2ccncc2Cl)c(F)c1. The van der Waals surface area contributed by atoms with Gasteiger partial charge in [-0.2, -0.15) is 0 Å². The normalized spacial score (nSPS) is 10.5. The Kier molecular flexibility index (Phi) is 4.29. The highest BCUT2D eigenvalue weighted by molar-refractivity contribution is 6.31. The van der Waals surface area contributed by atoms with Gasteiger partial charge in [-0.05, 0) is 23.8 Å². The van der Waals surface area contributed by atoms with E-state index in [2.05, 4.69) is 4.98 Å². The smallest absolute Gasteiger partial charge is 0.191 e. The van der Waals surface area contributed by atoms with Crippen LogP contribution in [0.2, 0.25) is 5.02 Å². The topological polar surface area (TPSA) is 42.4 Å². The fourth-order valence-electron chi connectivity index (χ4n) is 1.51. The van der Waals surface area contributed by atoms with E-state index < -0.39 is 24.0 Å². The second-order valence-corrected chi connectivity index (χ2v) is 4.21. The van der Waals surface area contributed by atoms with Gasteiger partial charge in [-0.15, -0.1) is 0 Å². The van der Waals surface area contributed by atoms with Crippen molar-refractivity contribution in [2.45, 2.75) is 13.2 Å². The third-order valence-electron chi connectivity index (χ3n) is 2.47. The first-order valence-electron chi connectivity index (χ1n) is 5.41. The third kappa shape index (κ3) is 3.19. The lowest BCUT2D eigenvalue weighted by Crippen LogP contribution is -2.02. The Labute approximate surface area is 113 Å². The van der Waals surface area contributed by atoms with E-state index >= 15 is 0 Å². The molecule has 0 fully saturated rings. The average Bonchev–Trinajstić information content (AvgIpc) is 2.39. The summed E-state index contributed by atoms with van der Waals surface area (Å²) in [5, 5.41) is 9.18. The van der Waals surface area contributed by atoms with E-state index in [0.717, 1.165) is 12.1 Å². The number of hydrogen-bond donors (Lipinski definition) is 1. The summed E-state index contributed by atoms with van der Waals surface area (Å²) in [5.74, 6) is -2.23. The van der Waals surface area contributed by atoms with Crippen LogP contribution in [-0.4, -0.2) is 10.1 Å².